The summed E-state index contributed by atoms with van der Waals surface area (Å²) in [4.78, 5) is 8.14. The zero-order valence-electron chi connectivity index (χ0n) is 8.20. The average Bonchev–Trinajstić information content (AvgIpc) is 2.62. The number of rotatable bonds is 3. The third-order valence-corrected chi connectivity index (χ3v) is 2.02. The van der Waals surface area contributed by atoms with E-state index in [4.69, 9.17) is 16.0 Å². The summed E-state index contributed by atoms with van der Waals surface area (Å²) in [6, 6.07) is 5.39. The van der Waals surface area contributed by atoms with Gasteiger partial charge in [-0.3, -0.25) is 0 Å². The van der Waals surface area contributed by atoms with E-state index in [-0.39, 0.29) is 0 Å². The molecule has 0 aliphatic carbocycles. The van der Waals surface area contributed by atoms with Gasteiger partial charge in [0.25, 0.3) is 0 Å². The van der Waals surface area contributed by atoms with Crippen molar-refractivity contribution in [1.82, 2.24) is 9.97 Å². The molecule has 2 aromatic heterocycles. The molecule has 0 aromatic carbocycles. The molecule has 0 spiro atoms. The standard InChI is InChI=1S/C10H10ClN3O/c1-7-5-13-10(15-7)6-12-9-4-2-3-8(11)14-9/h2-5H,6H2,1H3,(H,12,14). The molecule has 0 amide bonds. The fourth-order valence-corrected chi connectivity index (χ4v) is 1.32. The number of aryl methyl sites for hydroxylation is 1. The van der Waals surface area contributed by atoms with Gasteiger partial charge < -0.3 is 9.73 Å². The summed E-state index contributed by atoms with van der Waals surface area (Å²) in [7, 11) is 0. The van der Waals surface area contributed by atoms with E-state index in [0.717, 1.165) is 5.76 Å². The molecule has 78 valence electrons. The number of nitrogens with zero attached hydrogens (tertiary/aromatic N) is 2. The molecule has 4 nitrogen and oxygen atoms in total. The molecule has 0 aliphatic rings. The van der Waals surface area contributed by atoms with Crippen LogP contribution >= 0.6 is 11.6 Å². The highest BCUT2D eigenvalue weighted by atomic mass is 35.5. The molecule has 2 rings (SSSR count). The minimum Gasteiger partial charge on any atom is -0.444 e. The number of hydrogen-bond acceptors (Lipinski definition) is 4. The lowest BCUT2D eigenvalue weighted by atomic mass is 10.4. The SMILES string of the molecule is Cc1cnc(CNc2cccc(Cl)n2)o1. The minimum absolute atomic E-state index is 0.462. The first-order valence-corrected chi connectivity index (χ1v) is 4.89. The van der Waals surface area contributed by atoms with Crippen molar-refractivity contribution < 1.29 is 4.42 Å². The van der Waals surface area contributed by atoms with Crippen molar-refractivity contribution in [2.45, 2.75) is 13.5 Å². The second-order valence-electron chi connectivity index (χ2n) is 3.06. The summed E-state index contributed by atoms with van der Waals surface area (Å²) in [5.41, 5.74) is 0. The predicted molar refractivity (Wildman–Crippen MR) is 57.8 cm³/mol. The smallest absolute Gasteiger partial charge is 0.213 e. The zero-order valence-corrected chi connectivity index (χ0v) is 8.95. The molecule has 0 saturated heterocycles. The van der Waals surface area contributed by atoms with Crippen LogP contribution in [0.1, 0.15) is 11.7 Å². The normalized spacial score (nSPS) is 10.3. The Hall–Kier alpha value is -1.55. The lowest BCUT2D eigenvalue weighted by Crippen LogP contribution is -2.01. The van der Waals surface area contributed by atoms with Crippen LogP contribution in [0.25, 0.3) is 0 Å². The molecule has 0 radical (unpaired) electrons. The number of oxazole rings is 1. The van der Waals surface area contributed by atoms with Crippen LogP contribution in [0, 0.1) is 6.92 Å². The van der Waals surface area contributed by atoms with Crippen molar-refractivity contribution in [2.24, 2.45) is 0 Å². The van der Waals surface area contributed by atoms with Crippen LogP contribution in [0.15, 0.2) is 28.8 Å². The highest BCUT2D eigenvalue weighted by molar-refractivity contribution is 6.29. The summed E-state index contributed by atoms with van der Waals surface area (Å²) in [6.07, 6.45) is 1.68. The lowest BCUT2D eigenvalue weighted by molar-refractivity contribution is 0.479. The monoisotopic (exact) mass is 223 g/mol. The van der Waals surface area contributed by atoms with Gasteiger partial charge in [0, 0.05) is 0 Å². The van der Waals surface area contributed by atoms with Crippen LogP contribution in [0.5, 0.6) is 0 Å². The number of halogens is 1. The van der Waals surface area contributed by atoms with Gasteiger partial charge in [0.15, 0.2) is 0 Å². The third-order valence-electron chi connectivity index (χ3n) is 1.80. The molecule has 2 aromatic rings. The number of pyridine rings is 1. The molecule has 0 aliphatic heterocycles. The second-order valence-corrected chi connectivity index (χ2v) is 3.45. The Balaban J connectivity index is 1.99. The quantitative estimate of drug-likeness (QED) is 0.813. The molecule has 5 heteroatoms. The van der Waals surface area contributed by atoms with Crippen LogP contribution in [-0.4, -0.2) is 9.97 Å². The first kappa shape index (κ1) is 9.98. The number of nitrogens with one attached hydrogen (secondary N) is 1. The fraction of sp³-hybridized carbons (Fsp3) is 0.200. The average molecular weight is 224 g/mol. The van der Waals surface area contributed by atoms with E-state index in [1.165, 1.54) is 0 Å². The fourth-order valence-electron chi connectivity index (χ4n) is 1.16. The van der Waals surface area contributed by atoms with Gasteiger partial charge in [0.1, 0.15) is 16.7 Å². The lowest BCUT2D eigenvalue weighted by Gasteiger charge is -2.02. The zero-order chi connectivity index (χ0) is 10.7. The van der Waals surface area contributed by atoms with Gasteiger partial charge in [-0.1, -0.05) is 17.7 Å². The number of anilines is 1. The van der Waals surface area contributed by atoms with Crippen LogP contribution in [0.4, 0.5) is 5.82 Å². The van der Waals surface area contributed by atoms with Gasteiger partial charge in [-0.15, -0.1) is 0 Å². The van der Waals surface area contributed by atoms with Gasteiger partial charge in [0.05, 0.1) is 12.7 Å². The van der Waals surface area contributed by atoms with E-state index >= 15 is 0 Å². The number of hydrogen-bond donors (Lipinski definition) is 1. The minimum atomic E-state index is 0.462. The van der Waals surface area contributed by atoms with Crippen molar-refractivity contribution >= 4 is 17.4 Å². The Kier molecular flexibility index (Phi) is 2.87. The van der Waals surface area contributed by atoms with E-state index in [9.17, 15) is 0 Å². The third kappa shape index (κ3) is 2.70. The van der Waals surface area contributed by atoms with Crippen LogP contribution in [-0.2, 0) is 6.54 Å². The van der Waals surface area contributed by atoms with Gasteiger partial charge in [-0.2, -0.15) is 0 Å². The Morgan fingerprint density at radius 1 is 1.47 bits per heavy atom. The molecular formula is C10H10ClN3O. The molecule has 0 saturated carbocycles. The van der Waals surface area contributed by atoms with E-state index in [0.29, 0.717) is 23.4 Å². The maximum absolute atomic E-state index is 5.74. The van der Waals surface area contributed by atoms with Crippen LogP contribution in [0.3, 0.4) is 0 Å². The highest BCUT2D eigenvalue weighted by Crippen LogP contribution is 2.10. The Morgan fingerprint density at radius 3 is 3.00 bits per heavy atom. The maximum Gasteiger partial charge on any atom is 0.213 e. The van der Waals surface area contributed by atoms with Crippen molar-refractivity contribution in [1.29, 1.82) is 0 Å². The van der Waals surface area contributed by atoms with E-state index in [2.05, 4.69) is 15.3 Å². The number of aromatic nitrogens is 2. The Morgan fingerprint density at radius 2 is 2.33 bits per heavy atom. The first-order valence-electron chi connectivity index (χ1n) is 4.52. The molecule has 1 N–H and O–H groups in total. The van der Waals surface area contributed by atoms with Crippen molar-refractivity contribution in [3.63, 3.8) is 0 Å². The van der Waals surface area contributed by atoms with E-state index < -0.39 is 0 Å². The van der Waals surface area contributed by atoms with Gasteiger partial charge in [-0.05, 0) is 19.1 Å². The van der Waals surface area contributed by atoms with Gasteiger partial charge >= 0.3 is 0 Å². The molecule has 0 atom stereocenters. The summed E-state index contributed by atoms with van der Waals surface area (Å²) in [5, 5.41) is 3.52. The highest BCUT2D eigenvalue weighted by Gasteiger charge is 2.00. The van der Waals surface area contributed by atoms with Crippen molar-refractivity contribution in [2.75, 3.05) is 5.32 Å². The van der Waals surface area contributed by atoms with Gasteiger partial charge in [-0.25, -0.2) is 9.97 Å². The molecule has 0 bridgehead atoms. The molecule has 0 unspecified atom stereocenters. The van der Waals surface area contributed by atoms with Crippen molar-refractivity contribution in [3.05, 3.63) is 41.2 Å². The molecule has 2 heterocycles. The summed E-state index contributed by atoms with van der Waals surface area (Å²) in [5.74, 6) is 2.14. The van der Waals surface area contributed by atoms with E-state index in [1.54, 1.807) is 12.3 Å². The van der Waals surface area contributed by atoms with Crippen LogP contribution in [0.2, 0.25) is 5.15 Å². The largest absolute Gasteiger partial charge is 0.444 e. The van der Waals surface area contributed by atoms with Crippen molar-refractivity contribution in [3.8, 4) is 0 Å². The topological polar surface area (TPSA) is 51.0 Å². The molecule has 15 heavy (non-hydrogen) atoms. The van der Waals surface area contributed by atoms with Gasteiger partial charge in [0.2, 0.25) is 5.89 Å². The Labute approximate surface area is 92.3 Å². The Bertz CT molecular complexity index is 455. The van der Waals surface area contributed by atoms with Crippen LogP contribution < -0.4 is 5.32 Å². The summed E-state index contributed by atoms with van der Waals surface area (Å²) >= 11 is 5.74. The van der Waals surface area contributed by atoms with E-state index in [1.807, 2.05) is 19.1 Å². The predicted octanol–water partition coefficient (Wildman–Crippen LogP) is 2.64. The summed E-state index contributed by atoms with van der Waals surface area (Å²) in [6.45, 7) is 2.36. The maximum atomic E-state index is 5.74. The second kappa shape index (κ2) is 4.31. The first-order chi connectivity index (χ1) is 7.24. The summed E-state index contributed by atoms with van der Waals surface area (Å²) < 4.78 is 5.30. The molecular weight excluding hydrogens is 214 g/mol. The molecule has 0 fully saturated rings.